The van der Waals surface area contributed by atoms with E-state index < -0.39 is 0 Å². The number of thiazole rings is 1. The molecule has 2 rings (SSSR count). The molecule has 0 bridgehead atoms. The number of aromatic nitrogens is 1. The molecule has 0 aromatic carbocycles. The first-order valence-corrected chi connectivity index (χ1v) is 5.83. The van der Waals surface area contributed by atoms with Crippen molar-refractivity contribution in [3.8, 4) is 0 Å². The van der Waals surface area contributed by atoms with Crippen molar-refractivity contribution in [1.29, 1.82) is 0 Å². The summed E-state index contributed by atoms with van der Waals surface area (Å²) in [5.41, 5.74) is 1.29. The van der Waals surface area contributed by atoms with Gasteiger partial charge in [-0.05, 0) is 29.4 Å². The van der Waals surface area contributed by atoms with Crippen LogP contribution in [0.4, 0.5) is 0 Å². The number of hydrogen-bond acceptors (Lipinski definition) is 4. The highest BCUT2D eigenvalue weighted by atomic mass is 32.1. The summed E-state index contributed by atoms with van der Waals surface area (Å²) in [5.74, 6) is 0. The van der Waals surface area contributed by atoms with Crippen LogP contribution in [-0.2, 0) is 0 Å². The van der Waals surface area contributed by atoms with E-state index in [4.69, 9.17) is 0 Å². The number of nitrogens with one attached hydrogen (secondary N) is 1. The van der Waals surface area contributed by atoms with E-state index in [2.05, 4.69) is 27.1 Å². The summed E-state index contributed by atoms with van der Waals surface area (Å²) < 4.78 is 0. The normalized spacial score (nSPS) is 13.0. The lowest BCUT2D eigenvalue weighted by Gasteiger charge is -2.10. The Balaban J connectivity index is 2.29. The van der Waals surface area contributed by atoms with Crippen molar-refractivity contribution in [3.63, 3.8) is 0 Å². The SMILES string of the molecule is CNC(c1ccsc1)c1nccs1. The van der Waals surface area contributed by atoms with Gasteiger partial charge in [-0.15, -0.1) is 11.3 Å². The smallest absolute Gasteiger partial charge is 0.114 e. The lowest BCUT2D eigenvalue weighted by Crippen LogP contribution is -2.16. The largest absolute Gasteiger partial charge is 0.307 e. The Kier molecular flexibility index (Phi) is 2.73. The van der Waals surface area contributed by atoms with E-state index in [1.54, 1.807) is 22.7 Å². The molecule has 0 spiro atoms. The predicted molar refractivity (Wildman–Crippen MR) is 57.3 cm³/mol. The minimum Gasteiger partial charge on any atom is -0.307 e. The molecule has 13 heavy (non-hydrogen) atoms. The van der Waals surface area contributed by atoms with E-state index in [0.717, 1.165) is 5.01 Å². The fraction of sp³-hybridized carbons (Fsp3) is 0.222. The topological polar surface area (TPSA) is 24.9 Å². The number of rotatable bonds is 3. The van der Waals surface area contributed by atoms with Crippen LogP contribution in [0.3, 0.4) is 0 Å². The lowest BCUT2D eigenvalue weighted by atomic mass is 10.2. The monoisotopic (exact) mass is 210 g/mol. The Morgan fingerprint density at radius 2 is 2.38 bits per heavy atom. The highest BCUT2D eigenvalue weighted by Crippen LogP contribution is 2.24. The quantitative estimate of drug-likeness (QED) is 0.842. The fourth-order valence-electron chi connectivity index (χ4n) is 1.25. The summed E-state index contributed by atoms with van der Waals surface area (Å²) in [5, 5.41) is 10.6. The Bertz CT molecular complexity index is 305. The molecule has 1 atom stereocenters. The van der Waals surface area contributed by atoms with Crippen LogP contribution in [0.15, 0.2) is 28.4 Å². The van der Waals surface area contributed by atoms with Gasteiger partial charge < -0.3 is 5.32 Å². The van der Waals surface area contributed by atoms with E-state index in [1.807, 2.05) is 18.6 Å². The molecule has 0 fully saturated rings. The molecule has 2 heterocycles. The van der Waals surface area contributed by atoms with Gasteiger partial charge in [0.2, 0.25) is 0 Å². The summed E-state index contributed by atoms with van der Waals surface area (Å²) in [6.07, 6.45) is 1.84. The average Bonchev–Trinajstić information content (AvgIpc) is 2.76. The molecular formula is C9H10N2S2. The van der Waals surface area contributed by atoms with Gasteiger partial charge in [0, 0.05) is 11.6 Å². The molecule has 0 aliphatic carbocycles. The summed E-state index contributed by atoms with van der Waals surface area (Å²) in [6.45, 7) is 0. The van der Waals surface area contributed by atoms with Crippen molar-refractivity contribution < 1.29 is 0 Å². The highest BCUT2D eigenvalue weighted by molar-refractivity contribution is 7.09. The van der Waals surface area contributed by atoms with Gasteiger partial charge in [0.25, 0.3) is 0 Å². The van der Waals surface area contributed by atoms with Crippen LogP contribution in [-0.4, -0.2) is 12.0 Å². The van der Waals surface area contributed by atoms with Crippen molar-refractivity contribution in [2.75, 3.05) is 7.05 Å². The van der Waals surface area contributed by atoms with Crippen LogP contribution in [0, 0.1) is 0 Å². The van der Waals surface area contributed by atoms with Crippen molar-refractivity contribution >= 4 is 22.7 Å². The van der Waals surface area contributed by atoms with Crippen molar-refractivity contribution in [2.45, 2.75) is 6.04 Å². The first-order chi connectivity index (χ1) is 6.42. The Morgan fingerprint density at radius 3 is 2.92 bits per heavy atom. The second-order valence-corrected chi connectivity index (χ2v) is 4.35. The molecule has 0 aliphatic heterocycles. The zero-order chi connectivity index (χ0) is 9.10. The van der Waals surface area contributed by atoms with Gasteiger partial charge in [-0.1, -0.05) is 0 Å². The molecule has 0 saturated heterocycles. The molecule has 2 nitrogen and oxygen atoms in total. The standard InChI is InChI=1S/C9H10N2S2/c1-10-8(7-2-4-12-6-7)9-11-3-5-13-9/h2-6,8,10H,1H3. The van der Waals surface area contributed by atoms with Gasteiger partial charge in [-0.25, -0.2) is 4.98 Å². The maximum atomic E-state index is 4.30. The minimum absolute atomic E-state index is 0.256. The molecule has 0 aliphatic rings. The minimum atomic E-state index is 0.256. The molecule has 0 saturated carbocycles. The lowest BCUT2D eigenvalue weighted by molar-refractivity contribution is 0.689. The summed E-state index contributed by atoms with van der Waals surface area (Å²) in [4.78, 5) is 4.30. The Labute approximate surface area is 85.3 Å². The molecule has 0 amide bonds. The third kappa shape index (κ3) is 1.80. The Morgan fingerprint density at radius 1 is 1.46 bits per heavy atom. The third-order valence-corrected chi connectivity index (χ3v) is 3.41. The van der Waals surface area contributed by atoms with Crippen LogP contribution < -0.4 is 5.32 Å². The van der Waals surface area contributed by atoms with E-state index in [1.165, 1.54) is 5.56 Å². The van der Waals surface area contributed by atoms with Crippen LogP contribution in [0.1, 0.15) is 16.6 Å². The third-order valence-electron chi connectivity index (χ3n) is 1.86. The zero-order valence-corrected chi connectivity index (χ0v) is 8.86. The van der Waals surface area contributed by atoms with E-state index in [-0.39, 0.29) is 6.04 Å². The first-order valence-electron chi connectivity index (χ1n) is 4.00. The van der Waals surface area contributed by atoms with Crippen LogP contribution >= 0.6 is 22.7 Å². The molecule has 68 valence electrons. The van der Waals surface area contributed by atoms with Gasteiger partial charge in [-0.2, -0.15) is 11.3 Å². The Hall–Kier alpha value is -0.710. The molecule has 4 heteroatoms. The number of nitrogens with zero attached hydrogens (tertiary/aromatic N) is 1. The molecule has 1 unspecified atom stereocenters. The molecule has 0 radical (unpaired) electrons. The maximum absolute atomic E-state index is 4.30. The second-order valence-electron chi connectivity index (χ2n) is 2.65. The van der Waals surface area contributed by atoms with E-state index >= 15 is 0 Å². The van der Waals surface area contributed by atoms with Gasteiger partial charge in [-0.3, -0.25) is 0 Å². The highest BCUT2D eigenvalue weighted by Gasteiger charge is 2.13. The maximum Gasteiger partial charge on any atom is 0.114 e. The average molecular weight is 210 g/mol. The van der Waals surface area contributed by atoms with Gasteiger partial charge >= 0.3 is 0 Å². The van der Waals surface area contributed by atoms with Crippen LogP contribution in [0.5, 0.6) is 0 Å². The van der Waals surface area contributed by atoms with Gasteiger partial charge in [0.15, 0.2) is 0 Å². The van der Waals surface area contributed by atoms with Crippen molar-refractivity contribution in [3.05, 3.63) is 39.0 Å². The van der Waals surface area contributed by atoms with Gasteiger partial charge in [0.05, 0.1) is 6.04 Å². The number of thiophene rings is 1. The summed E-state index contributed by atoms with van der Waals surface area (Å²) in [7, 11) is 1.96. The van der Waals surface area contributed by atoms with Crippen molar-refractivity contribution in [2.24, 2.45) is 0 Å². The fourth-order valence-corrected chi connectivity index (χ4v) is 2.71. The zero-order valence-electron chi connectivity index (χ0n) is 7.23. The summed E-state index contributed by atoms with van der Waals surface area (Å²) in [6, 6.07) is 2.39. The molecule has 1 N–H and O–H groups in total. The number of hydrogen-bond donors (Lipinski definition) is 1. The van der Waals surface area contributed by atoms with Crippen LogP contribution in [0.25, 0.3) is 0 Å². The van der Waals surface area contributed by atoms with Crippen LogP contribution in [0.2, 0.25) is 0 Å². The first kappa shape index (κ1) is 8.87. The molecule has 2 aromatic heterocycles. The molecular weight excluding hydrogens is 200 g/mol. The van der Waals surface area contributed by atoms with Gasteiger partial charge in [0.1, 0.15) is 5.01 Å². The van der Waals surface area contributed by atoms with E-state index in [9.17, 15) is 0 Å². The molecule has 2 aromatic rings. The van der Waals surface area contributed by atoms with Crippen molar-refractivity contribution in [1.82, 2.24) is 10.3 Å². The summed E-state index contributed by atoms with van der Waals surface area (Å²) >= 11 is 3.40. The van der Waals surface area contributed by atoms with E-state index in [0.29, 0.717) is 0 Å². The second kappa shape index (κ2) is 4.00. The predicted octanol–water partition coefficient (Wildman–Crippen LogP) is 2.51.